The average Bonchev–Trinajstić information content (AvgIpc) is 2.69. The maximum absolute atomic E-state index is 11.4. The van der Waals surface area contributed by atoms with Gasteiger partial charge in [0.1, 0.15) is 5.82 Å². The minimum atomic E-state index is -1.27. The fourth-order valence-electron chi connectivity index (χ4n) is 1.55. The predicted octanol–water partition coefficient (Wildman–Crippen LogP) is 0.401. The number of rotatable bonds is 2. The van der Waals surface area contributed by atoms with Gasteiger partial charge in [-0.05, 0) is 12.1 Å². The number of aromatic carboxylic acids is 1. The number of aromatic nitrogens is 2. The van der Waals surface area contributed by atoms with Crippen LogP contribution in [0, 0.1) is 0 Å². The number of anilines is 1. The van der Waals surface area contributed by atoms with Crippen molar-refractivity contribution in [3.8, 4) is 0 Å². The molecule has 2 heterocycles. The molecule has 88 valence electrons. The van der Waals surface area contributed by atoms with Crippen LogP contribution in [0.1, 0.15) is 21.1 Å². The Bertz CT molecular complexity index is 617. The molecule has 0 aromatic carbocycles. The van der Waals surface area contributed by atoms with Crippen molar-refractivity contribution in [1.82, 2.24) is 9.38 Å². The maximum Gasteiger partial charge on any atom is 0.372 e. The number of nitrogens with zero attached hydrogens (tertiary/aromatic N) is 2. The summed E-state index contributed by atoms with van der Waals surface area (Å²) in [7, 11) is 1.19. The van der Waals surface area contributed by atoms with Gasteiger partial charge in [-0.2, -0.15) is 0 Å². The van der Waals surface area contributed by atoms with Gasteiger partial charge in [0, 0.05) is 0 Å². The molecule has 17 heavy (non-hydrogen) atoms. The van der Waals surface area contributed by atoms with Gasteiger partial charge in [0.25, 0.3) is 0 Å². The third-order valence-electron chi connectivity index (χ3n) is 2.26. The molecule has 7 nitrogen and oxygen atoms in total. The third kappa shape index (κ3) is 1.57. The highest BCUT2D eigenvalue weighted by Crippen LogP contribution is 2.18. The van der Waals surface area contributed by atoms with E-state index >= 15 is 0 Å². The number of imidazole rings is 1. The Balaban J connectivity index is 2.85. The normalized spacial score (nSPS) is 10.4. The van der Waals surface area contributed by atoms with Gasteiger partial charge < -0.3 is 15.6 Å². The van der Waals surface area contributed by atoms with Gasteiger partial charge >= 0.3 is 11.9 Å². The molecule has 7 heteroatoms. The van der Waals surface area contributed by atoms with Crippen LogP contribution in [0.4, 0.5) is 5.82 Å². The zero-order chi connectivity index (χ0) is 12.6. The highest BCUT2D eigenvalue weighted by molar-refractivity contribution is 5.98. The molecule has 3 N–H and O–H groups in total. The van der Waals surface area contributed by atoms with Gasteiger partial charge in [-0.15, -0.1) is 0 Å². The molecule has 0 aliphatic carbocycles. The summed E-state index contributed by atoms with van der Waals surface area (Å²) in [5.41, 5.74) is 5.89. The lowest BCUT2D eigenvalue weighted by molar-refractivity contribution is 0.0597. The first-order chi connectivity index (χ1) is 8.06. The van der Waals surface area contributed by atoms with Crippen molar-refractivity contribution >= 4 is 23.3 Å². The van der Waals surface area contributed by atoms with Crippen LogP contribution in [0.15, 0.2) is 18.2 Å². The van der Waals surface area contributed by atoms with E-state index in [1.165, 1.54) is 17.6 Å². The summed E-state index contributed by atoms with van der Waals surface area (Å²) in [6, 6.07) is 4.66. The highest BCUT2D eigenvalue weighted by atomic mass is 16.5. The average molecular weight is 235 g/mol. The number of carboxylic acids is 1. The Kier molecular flexibility index (Phi) is 2.43. The van der Waals surface area contributed by atoms with Crippen LogP contribution in [0.3, 0.4) is 0 Å². The minimum Gasteiger partial charge on any atom is -0.475 e. The lowest BCUT2D eigenvalue weighted by Gasteiger charge is -2.01. The van der Waals surface area contributed by atoms with Gasteiger partial charge in [0.2, 0.25) is 5.82 Å². The number of carboxylic acid groups (broad SMARTS) is 1. The standard InChI is InChI=1S/C10H9N3O4/c1-17-10(16)7-5-3-2-4-6(11)13(5)8(12-7)9(14)15/h2-4H,11H2,1H3,(H,14,15). The molecule has 2 aromatic heterocycles. The Morgan fingerprint density at radius 2 is 2.18 bits per heavy atom. The molecular weight excluding hydrogens is 226 g/mol. The van der Waals surface area contributed by atoms with E-state index in [1.54, 1.807) is 12.1 Å². The number of nitrogen functional groups attached to an aromatic ring is 1. The number of fused-ring (bicyclic) bond motifs is 1. The summed E-state index contributed by atoms with van der Waals surface area (Å²) >= 11 is 0. The fraction of sp³-hybridized carbons (Fsp3) is 0.100. The smallest absolute Gasteiger partial charge is 0.372 e. The van der Waals surface area contributed by atoms with Crippen LogP contribution in [0.5, 0.6) is 0 Å². The number of methoxy groups -OCH3 is 1. The van der Waals surface area contributed by atoms with Gasteiger partial charge in [-0.25, -0.2) is 14.6 Å². The second-order valence-electron chi connectivity index (χ2n) is 3.25. The lowest BCUT2D eigenvalue weighted by atomic mass is 10.3. The second-order valence-corrected chi connectivity index (χ2v) is 3.25. The van der Waals surface area contributed by atoms with E-state index in [-0.39, 0.29) is 17.3 Å². The molecule has 0 fully saturated rings. The van der Waals surface area contributed by atoms with Crippen LogP contribution in [-0.2, 0) is 4.74 Å². The summed E-state index contributed by atoms with van der Waals surface area (Å²) in [6.45, 7) is 0. The Morgan fingerprint density at radius 1 is 1.47 bits per heavy atom. The number of esters is 1. The number of pyridine rings is 1. The van der Waals surface area contributed by atoms with Gasteiger partial charge in [0.05, 0.1) is 12.6 Å². The maximum atomic E-state index is 11.4. The number of hydrogen-bond donors (Lipinski definition) is 2. The Labute approximate surface area is 95.4 Å². The van der Waals surface area contributed by atoms with Crippen molar-refractivity contribution in [3.05, 3.63) is 29.7 Å². The zero-order valence-corrected chi connectivity index (χ0v) is 8.88. The van der Waals surface area contributed by atoms with Gasteiger partial charge in [-0.1, -0.05) is 6.07 Å². The van der Waals surface area contributed by atoms with Crippen molar-refractivity contribution in [1.29, 1.82) is 0 Å². The first-order valence-corrected chi connectivity index (χ1v) is 4.64. The molecule has 0 saturated carbocycles. The predicted molar refractivity (Wildman–Crippen MR) is 57.9 cm³/mol. The molecular formula is C10H9N3O4. The Hall–Kier alpha value is -2.57. The molecule has 0 spiro atoms. The zero-order valence-electron chi connectivity index (χ0n) is 8.88. The molecule has 0 aliphatic rings. The fourth-order valence-corrected chi connectivity index (χ4v) is 1.55. The number of hydrogen-bond acceptors (Lipinski definition) is 5. The molecule has 0 bridgehead atoms. The summed E-state index contributed by atoms with van der Waals surface area (Å²) in [4.78, 5) is 26.2. The summed E-state index contributed by atoms with van der Waals surface area (Å²) in [5, 5.41) is 8.98. The largest absolute Gasteiger partial charge is 0.475 e. The molecule has 0 unspecified atom stereocenters. The molecule has 2 rings (SSSR count). The van der Waals surface area contributed by atoms with Crippen molar-refractivity contribution in [2.24, 2.45) is 0 Å². The SMILES string of the molecule is COC(=O)c1nc(C(=O)O)n2c(N)cccc12. The first kappa shape index (κ1) is 10.9. The van der Waals surface area contributed by atoms with Crippen molar-refractivity contribution in [2.45, 2.75) is 0 Å². The van der Waals surface area contributed by atoms with E-state index in [0.29, 0.717) is 5.52 Å². The second kappa shape index (κ2) is 3.78. The molecule has 0 aliphatic heterocycles. The highest BCUT2D eigenvalue weighted by Gasteiger charge is 2.22. The summed E-state index contributed by atoms with van der Waals surface area (Å²) < 4.78 is 5.72. The molecule has 0 atom stereocenters. The monoisotopic (exact) mass is 235 g/mol. The third-order valence-corrected chi connectivity index (χ3v) is 2.26. The van der Waals surface area contributed by atoms with Crippen molar-refractivity contribution in [3.63, 3.8) is 0 Å². The number of nitrogens with two attached hydrogens (primary N) is 1. The Morgan fingerprint density at radius 3 is 2.76 bits per heavy atom. The quantitative estimate of drug-likeness (QED) is 0.729. The van der Waals surface area contributed by atoms with Gasteiger partial charge in [-0.3, -0.25) is 4.40 Å². The number of ether oxygens (including phenoxy) is 1. The van der Waals surface area contributed by atoms with Crippen LogP contribution in [-0.4, -0.2) is 33.5 Å². The van der Waals surface area contributed by atoms with E-state index in [2.05, 4.69) is 9.72 Å². The van der Waals surface area contributed by atoms with Crippen molar-refractivity contribution < 1.29 is 19.4 Å². The topological polar surface area (TPSA) is 107 Å². The van der Waals surface area contributed by atoms with Crippen LogP contribution in [0.25, 0.3) is 5.52 Å². The molecule has 2 aromatic rings. The summed E-state index contributed by atoms with van der Waals surface area (Å²) in [5.74, 6) is -2.12. The summed E-state index contributed by atoms with van der Waals surface area (Å²) in [6.07, 6.45) is 0. The van der Waals surface area contributed by atoms with E-state index in [9.17, 15) is 9.59 Å². The molecule has 0 saturated heterocycles. The van der Waals surface area contributed by atoms with E-state index in [1.807, 2.05) is 0 Å². The minimum absolute atomic E-state index is 0.0720. The van der Waals surface area contributed by atoms with E-state index in [0.717, 1.165) is 0 Å². The van der Waals surface area contributed by atoms with Crippen LogP contribution >= 0.6 is 0 Å². The van der Waals surface area contributed by atoms with Crippen molar-refractivity contribution in [2.75, 3.05) is 12.8 Å². The first-order valence-electron chi connectivity index (χ1n) is 4.64. The lowest BCUT2D eigenvalue weighted by Crippen LogP contribution is -2.06. The van der Waals surface area contributed by atoms with Gasteiger partial charge in [0.15, 0.2) is 5.69 Å². The van der Waals surface area contributed by atoms with E-state index < -0.39 is 11.9 Å². The van der Waals surface area contributed by atoms with Crippen LogP contribution < -0.4 is 5.73 Å². The number of carbonyl (C=O) groups is 2. The van der Waals surface area contributed by atoms with E-state index in [4.69, 9.17) is 10.8 Å². The van der Waals surface area contributed by atoms with Crippen LogP contribution in [0.2, 0.25) is 0 Å². The molecule has 0 amide bonds. The molecule has 0 radical (unpaired) electrons. The number of carbonyl (C=O) groups excluding carboxylic acids is 1.